The Morgan fingerprint density at radius 3 is 2.80 bits per heavy atom. The number of hydrogen-bond acceptors (Lipinski definition) is 3. The van der Waals surface area contributed by atoms with Crippen molar-refractivity contribution in [3.8, 4) is 0 Å². The standard InChI is InChI=1S/C16H28N2S2/c1-3-5-7-15-13-19-16(20-15,8-6-4-2)9-11-18-12-10-17-14-18/h10,12,14-15H,3-9,11,13H2,1-2H3. The van der Waals surface area contributed by atoms with Crippen LogP contribution in [-0.4, -0.2) is 24.6 Å². The fourth-order valence-electron chi connectivity index (χ4n) is 2.74. The highest BCUT2D eigenvalue weighted by Gasteiger charge is 2.39. The Balaban J connectivity index is 1.88. The molecule has 2 heterocycles. The molecule has 2 nitrogen and oxygen atoms in total. The molecule has 1 fully saturated rings. The maximum absolute atomic E-state index is 4.16. The quantitative estimate of drug-likeness (QED) is 0.624. The lowest BCUT2D eigenvalue weighted by Gasteiger charge is -2.28. The second-order valence-electron chi connectivity index (χ2n) is 5.76. The minimum atomic E-state index is 0.471. The molecule has 1 aromatic heterocycles. The van der Waals surface area contributed by atoms with Crippen LogP contribution in [0.25, 0.3) is 0 Å². The summed E-state index contributed by atoms with van der Waals surface area (Å²) in [7, 11) is 0. The zero-order valence-corrected chi connectivity index (χ0v) is 14.5. The van der Waals surface area contributed by atoms with E-state index < -0.39 is 0 Å². The van der Waals surface area contributed by atoms with Crippen LogP contribution in [0.2, 0.25) is 0 Å². The molecule has 0 amide bonds. The predicted octanol–water partition coefficient (Wildman–Crippen LogP) is 5.20. The Labute approximate surface area is 132 Å². The van der Waals surface area contributed by atoms with Gasteiger partial charge in [-0.2, -0.15) is 0 Å². The molecule has 0 spiro atoms. The number of imidazole rings is 1. The molecular weight excluding hydrogens is 284 g/mol. The minimum absolute atomic E-state index is 0.471. The van der Waals surface area contributed by atoms with E-state index in [1.165, 1.54) is 50.7 Å². The molecule has 20 heavy (non-hydrogen) atoms. The van der Waals surface area contributed by atoms with E-state index in [0.717, 1.165) is 11.8 Å². The topological polar surface area (TPSA) is 17.8 Å². The van der Waals surface area contributed by atoms with Crippen LogP contribution in [0.5, 0.6) is 0 Å². The van der Waals surface area contributed by atoms with Crippen molar-refractivity contribution in [3.63, 3.8) is 0 Å². The first-order chi connectivity index (χ1) is 9.78. The number of rotatable bonds is 9. The number of nitrogens with zero attached hydrogens (tertiary/aromatic N) is 2. The number of aryl methyl sites for hydroxylation is 1. The number of aromatic nitrogens is 2. The third-order valence-electron chi connectivity index (χ3n) is 4.01. The van der Waals surface area contributed by atoms with Gasteiger partial charge in [-0.05, 0) is 19.3 Å². The van der Waals surface area contributed by atoms with E-state index in [2.05, 4.69) is 53.1 Å². The van der Waals surface area contributed by atoms with E-state index >= 15 is 0 Å². The normalized spacial score (nSPS) is 26.2. The Bertz CT molecular complexity index is 367. The van der Waals surface area contributed by atoms with Crippen LogP contribution in [0.15, 0.2) is 18.7 Å². The SMILES string of the molecule is CCCCC1CSC(CCCC)(CCn2ccnc2)S1. The van der Waals surface area contributed by atoms with Crippen molar-refractivity contribution in [3.05, 3.63) is 18.7 Å². The van der Waals surface area contributed by atoms with Crippen LogP contribution >= 0.6 is 23.5 Å². The number of thioether (sulfide) groups is 2. The molecule has 4 heteroatoms. The highest BCUT2D eigenvalue weighted by Crippen LogP contribution is 2.54. The van der Waals surface area contributed by atoms with Crippen LogP contribution < -0.4 is 0 Å². The highest BCUT2D eigenvalue weighted by atomic mass is 32.2. The van der Waals surface area contributed by atoms with E-state index in [0.29, 0.717) is 4.08 Å². The van der Waals surface area contributed by atoms with Crippen molar-refractivity contribution in [2.75, 3.05) is 5.75 Å². The predicted molar refractivity (Wildman–Crippen MR) is 92.5 cm³/mol. The lowest BCUT2D eigenvalue weighted by molar-refractivity contribution is 0.555. The second kappa shape index (κ2) is 8.38. The van der Waals surface area contributed by atoms with Crippen molar-refractivity contribution in [2.45, 2.75) is 74.7 Å². The summed E-state index contributed by atoms with van der Waals surface area (Å²) in [4.78, 5) is 4.16. The maximum atomic E-state index is 4.16. The van der Waals surface area contributed by atoms with E-state index in [1.54, 1.807) is 0 Å². The van der Waals surface area contributed by atoms with Gasteiger partial charge in [0.2, 0.25) is 0 Å². The first kappa shape index (κ1) is 16.3. The molecule has 1 aromatic rings. The fraction of sp³-hybridized carbons (Fsp3) is 0.812. The van der Waals surface area contributed by atoms with Crippen molar-refractivity contribution in [1.82, 2.24) is 9.55 Å². The van der Waals surface area contributed by atoms with Gasteiger partial charge in [0.05, 0.1) is 10.4 Å². The molecule has 2 unspecified atom stereocenters. The summed E-state index contributed by atoms with van der Waals surface area (Å²) in [6.45, 7) is 5.72. The zero-order chi connectivity index (χ0) is 14.3. The van der Waals surface area contributed by atoms with Crippen molar-refractivity contribution >= 4 is 23.5 Å². The molecule has 1 aliphatic heterocycles. The van der Waals surface area contributed by atoms with Crippen LogP contribution in [-0.2, 0) is 6.54 Å². The summed E-state index contributed by atoms with van der Waals surface area (Å²) >= 11 is 4.53. The summed E-state index contributed by atoms with van der Waals surface area (Å²) in [5.41, 5.74) is 0. The fourth-order valence-corrected chi connectivity index (χ4v) is 6.65. The molecule has 1 aliphatic rings. The van der Waals surface area contributed by atoms with Gasteiger partial charge in [-0.3, -0.25) is 0 Å². The Hall–Kier alpha value is -0.0900. The lowest BCUT2D eigenvalue weighted by atomic mass is 10.1. The monoisotopic (exact) mass is 312 g/mol. The Morgan fingerprint density at radius 1 is 1.25 bits per heavy atom. The Kier molecular flexibility index (Phi) is 6.82. The van der Waals surface area contributed by atoms with Gasteiger partial charge in [0, 0.05) is 29.9 Å². The average molecular weight is 313 g/mol. The van der Waals surface area contributed by atoms with E-state index in [9.17, 15) is 0 Å². The van der Waals surface area contributed by atoms with Crippen molar-refractivity contribution in [2.24, 2.45) is 0 Å². The molecule has 114 valence electrons. The molecule has 0 radical (unpaired) electrons. The van der Waals surface area contributed by atoms with Gasteiger partial charge in [0.15, 0.2) is 0 Å². The van der Waals surface area contributed by atoms with Crippen LogP contribution in [0, 0.1) is 0 Å². The zero-order valence-electron chi connectivity index (χ0n) is 12.9. The first-order valence-electron chi connectivity index (χ1n) is 8.05. The van der Waals surface area contributed by atoms with Gasteiger partial charge in [0.25, 0.3) is 0 Å². The lowest BCUT2D eigenvalue weighted by Crippen LogP contribution is -2.20. The smallest absolute Gasteiger partial charge is 0.0945 e. The van der Waals surface area contributed by atoms with E-state index in [1.807, 2.05) is 12.5 Å². The van der Waals surface area contributed by atoms with E-state index in [4.69, 9.17) is 0 Å². The highest BCUT2D eigenvalue weighted by molar-refractivity contribution is 8.21. The van der Waals surface area contributed by atoms with Crippen molar-refractivity contribution < 1.29 is 0 Å². The van der Waals surface area contributed by atoms with Crippen molar-refractivity contribution in [1.29, 1.82) is 0 Å². The molecule has 2 atom stereocenters. The molecule has 0 bridgehead atoms. The van der Waals surface area contributed by atoms with Gasteiger partial charge in [-0.25, -0.2) is 4.98 Å². The van der Waals surface area contributed by atoms with Gasteiger partial charge in [-0.15, -0.1) is 23.5 Å². The van der Waals surface area contributed by atoms with Crippen LogP contribution in [0.4, 0.5) is 0 Å². The molecule has 0 aromatic carbocycles. The maximum Gasteiger partial charge on any atom is 0.0945 e. The summed E-state index contributed by atoms with van der Waals surface area (Å²) in [5.74, 6) is 1.36. The molecule has 0 saturated carbocycles. The molecule has 0 aliphatic carbocycles. The van der Waals surface area contributed by atoms with Gasteiger partial charge in [-0.1, -0.05) is 39.5 Å². The van der Waals surface area contributed by atoms with Crippen LogP contribution in [0.1, 0.15) is 58.8 Å². The minimum Gasteiger partial charge on any atom is -0.337 e. The summed E-state index contributed by atoms with van der Waals surface area (Å²) in [6, 6.07) is 0. The molecule has 1 saturated heterocycles. The molecular formula is C16H28N2S2. The first-order valence-corrected chi connectivity index (χ1v) is 9.92. The van der Waals surface area contributed by atoms with Gasteiger partial charge < -0.3 is 4.57 Å². The molecule has 2 rings (SSSR count). The molecule has 0 N–H and O–H groups in total. The van der Waals surface area contributed by atoms with Gasteiger partial charge in [0.1, 0.15) is 0 Å². The number of unbranched alkanes of at least 4 members (excludes halogenated alkanes) is 2. The summed E-state index contributed by atoms with van der Waals surface area (Å²) in [5, 5.41) is 0.889. The second-order valence-corrected chi connectivity index (χ2v) is 9.10. The summed E-state index contributed by atoms with van der Waals surface area (Å²) in [6.07, 6.45) is 15.4. The summed E-state index contributed by atoms with van der Waals surface area (Å²) < 4.78 is 2.70. The van der Waals surface area contributed by atoms with Crippen LogP contribution in [0.3, 0.4) is 0 Å². The Morgan fingerprint density at radius 2 is 2.10 bits per heavy atom. The number of hydrogen-bond donors (Lipinski definition) is 0. The third-order valence-corrected chi connectivity index (χ3v) is 7.94. The third kappa shape index (κ3) is 4.73. The largest absolute Gasteiger partial charge is 0.337 e. The van der Waals surface area contributed by atoms with Gasteiger partial charge >= 0.3 is 0 Å². The average Bonchev–Trinajstić information content (AvgIpc) is 3.11. The van der Waals surface area contributed by atoms with E-state index in [-0.39, 0.29) is 0 Å².